The molecule has 0 unspecified atom stereocenters. The van der Waals surface area contributed by atoms with Crippen LogP contribution in [0, 0.1) is 0 Å². The molecule has 0 bridgehead atoms. The highest BCUT2D eigenvalue weighted by Crippen LogP contribution is 1.93. The van der Waals surface area contributed by atoms with E-state index in [1.165, 1.54) is 0 Å². The van der Waals surface area contributed by atoms with Gasteiger partial charge in [-0.25, -0.2) is 0 Å². The van der Waals surface area contributed by atoms with Gasteiger partial charge in [-0.1, -0.05) is 0 Å². The summed E-state index contributed by atoms with van der Waals surface area (Å²) in [6, 6.07) is 0. The second kappa shape index (κ2) is 7.76. The molecule has 0 saturated heterocycles. The zero-order valence-corrected chi connectivity index (χ0v) is 9.84. The summed E-state index contributed by atoms with van der Waals surface area (Å²) in [5.74, 6) is 0.220. The van der Waals surface area contributed by atoms with Crippen LogP contribution in [0.25, 0.3) is 0 Å². The van der Waals surface area contributed by atoms with Crippen molar-refractivity contribution in [3.8, 4) is 0 Å². The van der Waals surface area contributed by atoms with Crippen LogP contribution in [0.3, 0.4) is 0 Å². The largest absolute Gasteiger partial charge is 0.346 e. The maximum Gasteiger partial charge on any atom is 0.223 e. The lowest BCUT2D eigenvalue weighted by molar-refractivity contribution is -0.129. The van der Waals surface area contributed by atoms with Crippen LogP contribution in [0.1, 0.15) is 12.8 Å². The lowest BCUT2D eigenvalue weighted by Crippen LogP contribution is -2.31. The molecule has 0 aliphatic rings. The van der Waals surface area contributed by atoms with Gasteiger partial charge in [-0.3, -0.25) is 4.79 Å². The zero-order valence-electron chi connectivity index (χ0n) is 9.84. The third kappa shape index (κ3) is 6.86. The van der Waals surface area contributed by atoms with Crippen LogP contribution in [0.4, 0.5) is 0 Å². The molecule has 0 atom stereocenters. The quantitative estimate of drug-likeness (QED) is 0.630. The molecule has 0 saturated carbocycles. The number of rotatable bonds is 7. The van der Waals surface area contributed by atoms with Crippen molar-refractivity contribution in [1.29, 1.82) is 0 Å². The molecule has 0 aromatic carbocycles. The number of hydrogen-bond donors (Lipinski definition) is 1. The molecular weight excluding hydrogens is 178 g/mol. The molecule has 4 nitrogen and oxygen atoms in total. The summed E-state index contributed by atoms with van der Waals surface area (Å²) in [6.45, 7) is 2.64. The lowest BCUT2D eigenvalue weighted by Gasteiger charge is -2.18. The highest BCUT2D eigenvalue weighted by molar-refractivity contribution is 5.75. The van der Waals surface area contributed by atoms with Crippen molar-refractivity contribution in [1.82, 2.24) is 15.1 Å². The van der Waals surface area contributed by atoms with E-state index in [0.29, 0.717) is 6.42 Å². The molecule has 0 aromatic heterocycles. The standard InChI is InChI=1S/C10H23N3O/c1-11-7-6-10(14)13(4)9-5-8-12(2)3/h11H,5-9H2,1-4H3. The predicted octanol–water partition coefficient (Wildman–Crippen LogP) is 0.00600. The molecule has 1 N–H and O–H groups in total. The summed E-state index contributed by atoms with van der Waals surface area (Å²) in [5.41, 5.74) is 0. The number of carbonyl (C=O) groups is 1. The molecule has 0 aliphatic carbocycles. The SMILES string of the molecule is CNCCC(=O)N(C)CCCN(C)C. The molecule has 0 aliphatic heterocycles. The number of hydrogen-bond acceptors (Lipinski definition) is 3. The van der Waals surface area contributed by atoms with Gasteiger partial charge in [-0.05, 0) is 34.1 Å². The van der Waals surface area contributed by atoms with Gasteiger partial charge in [0, 0.05) is 26.6 Å². The van der Waals surface area contributed by atoms with Crippen molar-refractivity contribution in [2.24, 2.45) is 0 Å². The molecule has 0 spiro atoms. The third-order valence-corrected chi connectivity index (χ3v) is 2.11. The molecule has 0 aromatic rings. The first kappa shape index (κ1) is 13.4. The van der Waals surface area contributed by atoms with Crippen LogP contribution in [-0.2, 0) is 4.79 Å². The average Bonchev–Trinajstić information content (AvgIpc) is 2.13. The first-order valence-electron chi connectivity index (χ1n) is 5.11. The smallest absolute Gasteiger partial charge is 0.223 e. The van der Waals surface area contributed by atoms with E-state index in [1.54, 1.807) is 4.90 Å². The molecular formula is C10H23N3O. The van der Waals surface area contributed by atoms with E-state index >= 15 is 0 Å². The van der Waals surface area contributed by atoms with Gasteiger partial charge in [0.1, 0.15) is 0 Å². The van der Waals surface area contributed by atoms with E-state index < -0.39 is 0 Å². The van der Waals surface area contributed by atoms with E-state index in [-0.39, 0.29) is 5.91 Å². The molecule has 0 radical (unpaired) electrons. The minimum absolute atomic E-state index is 0.220. The predicted molar refractivity (Wildman–Crippen MR) is 59.4 cm³/mol. The van der Waals surface area contributed by atoms with Gasteiger partial charge in [-0.15, -0.1) is 0 Å². The summed E-state index contributed by atoms with van der Waals surface area (Å²) in [7, 11) is 7.82. The van der Waals surface area contributed by atoms with E-state index in [1.807, 2.05) is 28.2 Å². The lowest BCUT2D eigenvalue weighted by atomic mass is 10.3. The Balaban J connectivity index is 3.51. The molecule has 84 valence electrons. The Hall–Kier alpha value is -0.610. The Morgan fingerprint density at radius 1 is 1.21 bits per heavy atom. The first-order chi connectivity index (χ1) is 6.57. The van der Waals surface area contributed by atoms with Crippen LogP contribution in [0.15, 0.2) is 0 Å². The van der Waals surface area contributed by atoms with E-state index in [0.717, 1.165) is 26.1 Å². The Labute approximate surface area is 87.3 Å². The normalized spacial score (nSPS) is 10.6. The van der Waals surface area contributed by atoms with Gasteiger partial charge in [0.25, 0.3) is 0 Å². The zero-order chi connectivity index (χ0) is 11.0. The van der Waals surface area contributed by atoms with Crippen molar-refractivity contribution in [3.63, 3.8) is 0 Å². The molecule has 4 heteroatoms. The highest BCUT2D eigenvalue weighted by atomic mass is 16.2. The Morgan fingerprint density at radius 2 is 1.86 bits per heavy atom. The van der Waals surface area contributed by atoms with Crippen molar-refractivity contribution in [2.45, 2.75) is 12.8 Å². The summed E-state index contributed by atoms with van der Waals surface area (Å²) < 4.78 is 0. The summed E-state index contributed by atoms with van der Waals surface area (Å²) in [5, 5.41) is 2.97. The van der Waals surface area contributed by atoms with E-state index in [2.05, 4.69) is 10.2 Å². The molecule has 0 fully saturated rings. The maximum atomic E-state index is 11.4. The summed E-state index contributed by atoms with van der Waals surface area (Å²) in [6.07, 6.45) is 1.63. The minimum Gasteiger partial charge on any atom is -0.346 e. The van der Waals surface area contributed by atoms with Crippen molar-refractivity contribution >= 4 is 5.91 Å². The second-order valence-electron chi connectivity index (χ2n) is 3.83. The average molecular weight is 201 g/mol. The second-order valence-corrected chi connectivity index (χ2v) is 3.83. The number of nitrogens with one attached hydrogen (secondary N) is 1. The summed E-state index contributed by atoms with van der Waals surface area (Å²) in [4.78, 5) is 15.4. The van der Waals surface area contributed by atoms with Gasteiger partial charge in [0.15, 0.2) is 0 Å². The molecule has 14 heavy (non-hydrogen) atoms. The van der Waals surface area contributed by atoms with Crippen molar-refractivity contribution in [3.05, 3.63) is 0 Å². The highest BCUT2D eigenvalue weighted by Gasteiger charge is 2.06. The van der Waals surface area contributed by atoms with Gasteiger partial charge < -0.3 is 15.1 Å². The molecule has 1 amide bonds. The van der Waals surface area contributed by atoms with Gasteiger partial charge in [0.05, 0.1) is 0 Å². The molecule has 0 heterocycles. The topological polar surface area (TPSA) is 35.6 Å². The van der Waals surface area contributed by atoms with Crippen LogP contribution in [-0.4, -0.2) is 63.5 Å². The minimum atomic E-state index is 0.220. The monoisotopic (exact) mass is 201 g/mol. The number of nitrogens with zero attached hydrogens (tertiary/aromatic N) is 2. The fraction of sp³-hybridized carbons (Fsp3) is 0.900. The Bertz CT molecular complexity index is 159. The van der Waals surface area contributed by atoms with Gasteiger partial charge >= 0.3 is 0 Å². The fourth-order valence-electron chi connectivity index (χ4n) is 1.17. The first-order valence-corrected chi connectivity index (χ1v) is 5.11. The number of amides is 1. The van der Waals surface area contributed by atoms with Gasteiger partial charge in [0.2, 0.25) is 5.91 Å². The van der Waals surface area contributed by atoms with Crippen LogP contribution >= 0.6 is 0 Å². The molecule has 0 rings (SSSR count). The maximum absolute atomic E-state index is 11.4. The Morgan fingerprint density at radius 3 is 2.36 bits per heavy atom. The number of carbonyl (C=O) groups excluding carboxylic acids is 1. The van der Waals surface area contributed by atoms with Crippen molar-refractivity contribution in [2.75, 3.05) is 47.8 Å². The van der Waals surface area contributed by atoms with Crippen LogP contribution in [0.5, 0.6) is 0 Å². The van der Waals surface area contributed by atoms with Crippen LogP contribution < -0.4 is 5.32 Å². The van der Waals surface area contributed by atoms with Crippen LogP contribution in [0.2, 0.25) is 0 Å². The fourth-order valence-corrected chi connectivity index (χ4v) is 1.17. The third-order valence-electron chi connectivity index (χ3n) is 2.11. The van der Waals surface area contributed by atoms with E-state index in [4.69, 9.17) is 0 Å². The van der Waals surface area contributed by atoms with Crippen molar-refractivity contribution < 1.29 is 4.79 Å². The van der Waals surface area contributed by atoms with E-state index in [9.17, 15) is 4.79 Å². The summed E-state index contributed by atoms with van der Waals surface area (Å²) >= 11 is 0. The Kier molecular flexibility index (Phi) is 7.42. The van der Waals surface area contributed by atoms with Gasteiger partial charge in [-0.2, -0.15) is 0 Å².